The summed E-state index contributed by atoms with van der Waals surface area (Å²) in [4.78, 5) is 0. The number of hydrogen-bond acceptors (Lipinski definition) is 1. The molecule has 3 rings (SSSR count). The molecule has 0 bridgehead atoms. The summed E-state index contributed by atoms with van der Waals surface area (Å²) in [6.07, 6.45) is 10.6. The lowest BCUT2D eigenvalue weighted by atomic mass is 9.62. The van der Waals surface area contributed by atoms with Crippen LogP contribution in [0.3, 0.4) is 0 Å². The van der Waals surface area contributed by atoms with Crippen LogP contribution < -0.4 is 0 Å². The molecule has 1 saturated heterocycles. The molecule has 1 heterocycles. The van der Waals surface area contributed by atoms with Gasteiger partial charge in [0.15, 0.2) is 0 Å². The van der Waals surface area contributed by atoms with E-state index in [-0.39, 0.29) is 0 Å². The molecule has 0 nitrogen and oxygen atoms in total. The van der Waals surface area contributed by atoms with Crippen LogP contribution in [0.5, 0.6) is 0 Å². The highest BCUT2D eigenvalue weighted by Gasteiger charge is 2.62. The molecule has 1 saturated carbocycles. The summed E-state index contributed by atoms with van der Waals surface area (Å²) in [5.41, 5.74) is 1.98. The van der Waals surface area contributed by atoms with Gasteiger partial charge in [-0.1, -0.05) is 26.0 Å². The van der Waals surface area contributed by atoms with Gasteiger partial charge in [0.2, 0.25) is 0 Å². The van der Waals surface area contributed by atoms with E-state index in [0.29, 0.717) is 16.2 Å². The van der Waals surface area contributed by atoms with Crippen LogP contribution in [-0.4, -0.2) is 11.5 Å². The van der Waals surface area contributed by atoms with Crippen LogP contribution in [0, 0.1) is 16.2 Å². The first kappa shape index (κ1) is 9.33. The zero-order chi connectivity index (χ0) is 9.86. The molecule has 78 valence electrons. The summed E-state index contributed by atoms with van der Waals surface area (Å²) in [5, 5.41) is 0. The molecule has 0 aromatic carbocycles. The van der Waals surface area contributed by atoms with Gasteiger partial charge < -0.3 is 0 Å². The van der Waals surface area contributed by atoms with Gasteiger partial charge >= 0.3 is 0 Å². The molecule has 1 heteroatoms. The third kappa shape index (κ3) is 1.02. The van der Waals surface area contributed by atoms with E-state index in [1.165, 1.54) is 37.2 Å². The summed E-state index contributed by atoms with van der Waals surface area (Å²) in [5.74, 6) is 2.86. The Morgan fingerprint density at radius 2 is 1.43 bits per heavy atom. The van der Waals surface area contributed by atoms with Crippen molar-refractivity contribution in [1.29, 1.82) is 0 Å². The topological polar surface area (TPSA) is 0 Å². The summed E-state index contributed by atoms with van der Waals surface area (Å²) < 4.78 is 0. The minimum atomic E-state index is 0.604. The van der Waals surface area contributed by atoms with Gasteiger partial charge in [-0.05, 0) is 53.4 Å². The van der Waals surface area contributed by atoms with Crippen LogP contribution >= 0.6 is 11.8 Å². The van der Waals surface area contributed by atoms with E-state index in [2.05, 4.69) is 37.8 Å². The van der Waals surface area contributed by atoms with Gasteiger partial charge in [-0.25, -0.2) is 0 Å². The lowest BCUT2D eigenvalue weighted by Crippen LogP contribution is -2.37. The molecule has 2 atom stereocenters. The highest BCUT2D eigenvalue weighted by Crippen LogP contribution is 2.70. The normalized spacial score (nSPS) is 49.0. The zero-order valence-corrected chi connectivity index (χ0v) is 10.1. The molecule has 0 radical (unpaired) electrons. The van der Waals surface area contributed by atoms with E-state index in [4.69, 9.17) is 0 Å². The Morgan fingerprint density at radius 1 is 0.929 bits per heavy atom. The van der Waals surface area contributed by atoms with Gasteiger partial charge in [0.25, 0.3) is 0 Å². The van der Waals surface area contributed by atoms with Crippen molar-refractivity contribution in [1.82, 2.24) is 0 Å². The summed E-state index contributed by atoms with van der Waals surface area (Å²) >= 11 is 2.21. The fraction of sp³-hybridized carbons (Fsp3) is 0.846. The Hall–Kier alpha value is 0.0900. The standard InChI is InChI=1S/C13H20S/c1-11(2)7-12-5-3-4-6-13(12,8-11)10-14-9-12/h3-4H,5-10H2,1-2H3/t12-,13+. The van der Waals surface area contributed by atoms with Crippen LogP contribution in [0.2, 0.25) is 0 Å². The fourth-order valence-electron chi connectivity index (χ4n) is 4.43. The van der Waals surface area contributed by atoms with Crippen LogP contribution in [0.15, 0.2) is 12.2 Å². The molecule has 0 aromatic heterocycles. The third-order valence-electron chi connectivity index (χ3n) is 4.70. The second kappa shape index (κ2) is 2.61. The van der Waals surface area contributed by atoms with Crippen LogP contribution in [0.25, 0.3) is 0 Å². The minimum absolute atomic E-state index is 0.604. The Bertz CT molecular complexity index is 266. The molecule has 14 heavy (non-hydrogen) atoms. The van der Waals surface area contributed by atoms with Crippen molar-refractivity contribution in [2.75, 3.05) is 11.5 Å². The predicted octanol–water partition coefficient (Wildman–Crippen LogP) is 3.88. The van der Waals surface area contributed by atoms with Gasteiger partial charge in [0.05, 0.1) is 0 Å². The molecule has 0 amide bonds. The van der Waals surface area contributed by atoms with E-state index < -0.39 is 0 Å². The summed E-state index contributed by atoms with van der Waals surface area (Å²) in [6.45, 7) is 4.95. The van der Waals surface area contributed by atoms with E-state index >= 15 is 0 Å². The monoisotopic (exact) mass is 208 g/mol. The van der Waals surface area contributed by atoms with Gasteiger partial charge in [-0.15, -0.1) is 0 Å². The van der Waals surface area contributed by atoms with Crippen molar-refractivity contribution in [3.05, 3.63) is 12.2 Å². The molecular formula is C13H20S. The maximum atomic E-state index is 2.48. The van der Waals surface area contributed by atoms with E-state index in [9.17, 15) is 0 Å². The molecule has 3 aliphatic rings. The van der Waals surface area contributed by atoms with Crippen LogP contribution in [0.1, 0.15) is 39.5 Å². The first-order chi connectivity index (χ1) is 6.58. The Balaban J connectivity index is 2.05. The van der Waals surface area contributed by atoms with Crippen molar-refractivity contribution in [3.63, 3.8) is 0 Å². The maximum Gasteiger partial charge on any atom is -0.000168 e. The quantitative estimate of drug-likeness (QED) is 0.544. The molecule has 2 fully saturated rings. The van der Waals surface area contributed by atoms with Crippen LogP contribution in [-0.2, 0) is 0 Å². The molecule has 0 spiro atoms. The van der Waals surface area contributed by atoms with Crippen molar-refractivity contribution in [3.8, 4) is 0 Å². The third-order valence-corrected chi connectivity index (χ3v) is 6.21. The van der Waals surface area contributed by atoms with Gasteiger partial charge in [-0.2, -0.15) is 11.8 Å². The summed E-state index contributed by atoms with van der Waals surface area (Å²) in [6, 6.07) is 0. The Morgan fingerprint density at radius 3 is 1.93 bits per heavy atom. The fourth-order valence-corrected chi connectivity index (χ4v) is 6.37. The summed E-state index contributed by atoms with van der Waals surface area (Å²) in [7, 11) is 0. The van der Waals surface area contributed by atoms with Gasteiger partial charge in [0, 0.05) is 0 Å². The average Bonchev–Trinajstić information content (AvgIpc) is 2.50. The number of hydrogen-bond donors (Lipinski definition) is 0. The maximum absolute atomic E-state index is 2.48. The highest BCUT2D eigenvalue weighted by molar-refractivity contribution is 7.99. The van der Waals surface area contributed by atoms with E-state index in [0.717, 1.165) is 0 Å². The highest BCUT2D eigenvalue weighted by atomic mass is 32.2. The SMILES string of the molecule is CC1(C)C[C@@]23CC=CC[C@@]2(CSC3)C1. The molecule has 0 unspecified atom stereocenters. The number of allylic oxidation sites excluding steroid dienone is 2. The average molecular weight is 208 g/mol. The predicted molar refractivity (Wildman–Crippen MR) is 63.6 cm³/mol. The molecule has 2 aliphatic carbocycles. The van der Waals surface area contributed by atoms with E-state index in [1.807, 2.05) is 0 Å². The number of thioether (sulfide) groups is 1. The van der Waals surface area contributed by atoms with Crippen molar-refractivity contribution in [2.45, 2.75) is 39.5 Å². The molecule has 0 aromatic rings. The zero-order valence-electron chi connectivity index (χ0n) is 9.31. The van der Waals surface area contributed by atoms with E-state index in [1.54, 1.807) is 0 Å². The van der Waals surface area contributed by atoms with Crippen molar-refractivity contribution in [2.24, 2.45) is 16.2 Å². The van der Waals surface area contributed by atoms with Crippen molar-refractivity contribution >= 4 is 11.8 Å². The first-order valence-corrected chi connectivity index (χ1v) is 6.96. The second-order valence-corrected chi connectivity index (χ2v) is 7.44. The molecular weight excluding hydrogens is 188 g/mol. The Kier molecular flexibility index (Phi) is 1.74. The van der Waals surface area contributed by atoms with Gasteiger partial charge in [0.1, 0.15) is 0 Å². The molecule has 1 aliphatic heterocycles. The largest absolute Gasteiger partial charge is 0.161 e. The van der Waals surface area contributed by atoms with Gasteiger partial charge in [-0.3, -0.25) is 0 Å². The second-order valence-electron chi connectivity index (χ2n) is 6.45. The smallest absolute Gasteiger partial charge is 0.000168 e. The van der Waals surface area contributed by atoms with Crippen LogP contribution in [0.4, 0.5) is 0 Å². The lowest BCUT2D eigenvalue weighted by molar-refractivity contribution is 0.131. The van der Waals surface area contributed by atoms with Crippen molar-refractivity contribution < 1.29 is 0 Å². The number of rotatable bonds is 0. The first-order valence-electron chi connectivity index (χ1n) is 5.81. The Labute approximate surface area is 91.5 Å². The lowest BCUT2D eigenvalue weighted by Gasteiger charge is -2.41. The minimum Gasteiger partial charge on any atom is -0.161 e. The molecule has 0 N–H and O–H groups in total.